The number of hydrogen-bond acceptors (Lipinski definition) is 2. The number of carboxylic acids is 1. The van der Waals surface area contributed by atoms with Gasteiger partial charge in [-0.15, -0.1) is 0 Å². The third-order valence-electron chi connectivity index (χ3n) is 4.14. The van der Waals surface area contributed by atoms with Crippen LogP contribution >= 0.6 is 0 Å². The molecule has 0 radical (unpaired) electrons. The predicted octanol–water partition coefficient (Wildman–Crippen LogP) is 3.74. The number of carboxylic acid groups (broad SMARTS) is 1. The number of nitrogens with one attached hydrogen (secondary N) is 1. The Hall–Kier alpha value is -3.21. The Balaban J connectivity index is 1.92. The lowest BCUT2D eigenvalue weighted by Crippen LogP contribution is -2.26. The first-order chi connectivity index (χ1) is 12.4. The average molecular weight is 351 g/mol. The van der Waals surface area contributed by atoms with Crippen molar-refractivity contribution in [1.29, 1.82) is 0 Å². The molecule has 0 heterocycles. The van der Waals surface area contributed by atoms with Crippen molar-refractivity contribution >= 4 is 29.1 Å². The third kappa shape index (κ3) is 4.25. The minimum atomic E-state index is -1.08. The van der Waals surface area contributed by atoms with Gasteiger partial charge in [0, 0.05) is 11.6 Å². The van der Waals surface area contributed by atoms with Crippen molar-refractivity contribution in [2.75, 3.05) is 0 Å². The van der Waals surface area contributed by atoms with E-state index in [2.05, 4.69) is 11.9 Å². The number of hydrogen-bond donors (Lipinski definition) is 2. The molecule has 0 aliphatic heterocycles. The molecular weight excluding hydrogens is 333 g/mol. The second-order valence-corrected chi connectivity index (χ2v) is 6.22. The molecule has 1 fully saturated rings. The molecule has 1 aliphatic rings. The van der Waals surface area contributed by atoms with Crippen LogP contribution in [0.4, 0.5) is 4.39 Å². The maximum absolute atomic E-state index is 13.2. The van der Waals surface area contributed by atoms with E-state index in [-0.39, 0.29) is 23.3 Å². The fraction of sp³-hybridized carbons (Fsp3) is 0.143. The van der Waals surface area contributed by atoms with Gasteiger partial charge in [0.25, 0.3) is 5.91 Å². The maximum Gasteiger partial charge on any atom is 0.335 e. The van der Waals surface area contributed by atoms with Crippen molar-refractivity contribution in [1.82, 2.24) is 5.32 Å². The molecule has 0 bridgehead atoms. The minimum Gasteiger partial charge on any atom is -0.478 e. The number of benzene rings is 2. The fourth-order valence-electron chi connectivity index (χ4n) is 2.47. The van der Waals surface area contributed by atoms with Gasteiger partial charge in [-0.1, -0.05) is 43.0 Å². The van der Waals surface area contributed by atoms with Crippen molar-refractivity contribution in [3.05, 3.63) is 77.6 Å². The van der Waals surface area contributed by atoms with E-state index in [9.17, 15) is 14.0 Å². The summed E-state index contributed by atoms with van der Waals surface area (Å²) in [6.07, 6.45) is 3.64. The molecular formula is C21H18FNO3. The zero-order valence-corrected chi connectivity index (χ0v) is 14.0. The largest absolute Gasteiger partial charge is 0.478 e. The highest BCUT2D eigenvalue weighted by Crippen LogP contribution is 2.24. The van der Waals surface area contributed by atoms with Crippen molar-refractivity contribution in [3.63, 3.8) is 0 Å². The average Bonchev–Trinajstić information content (AvgIpc) is 3.44. The number of aliphatic carboxylic acids is 1. The highest BCUT2D eigenvalue weighted by Gasteiger charge is 2.25. The summed E-state index contributed by atoms with van der Waals surface area (Å²) >= 11 is 0. The van der Waals surface area contributed by atoms with Gasteiger partial charge in [0.1, 0.15) is 5.82 Å². The molecule has 1 aliphatic carbocycles. The zero-order chi connectivity index (χ0) is 18.7. The van der Waals surface area contributed by atoms with E-state index in [1.165, 1.54) is 12.1 Å². The topological polar surface area (TPSA) is 66.4 Å². The van der Waals surface area contributed by atoms with Gasteiger partial charge in [0.15, 0.2) is 0 Å². The van der Waals surface area contributed by atoms with E-state index in [0.717, 1.165) is 18.4 Å². The van der Waals surface area contributed by atoms with Gasteiger partial charge in [-0.2, -0.15) is 0 Å². The van der Waals surface area contributed by atoms with Crippen LogP contribution < -0.4 is 5.32 Å². The zero-order valence-electron chi connectivity index (χ0n) is 14.0. The van der Waals surface area contributed by atoms with Crippen LogP contribution in [0.5, 0.6) is 0 Å². The van der Waals surface area contributed by atoms with E-state index in [1.807, 2.05) is 0 Å². The number of amides is 1. The molecule has 0 unspecified atom stereocenters. The lowest BCUT2D eigenvalue weighted by Gasteiger charge is -2.09. The molecule has 2 aromatic carbocycles. The van der Waals surface area contributed by atoms with Gasteiger partial charge in [0.2, 0.25) is 0 Å². The first kappa shape index (κ1) is 17.6. The number of halogens is 1. The lowest BCUT2D eigenvalue weighted by atomic mass is 10.00. The SMILES string of the molecule is C=C(C(=O)O)c1ccc(C=C(C(=O)NC2CC2)c2ccc(F)cc2)cc1. The highest BCUT2D eigenvalue weighted by molar-refractivity contribution is 6.24. The van der Waals surface area contributed by atoms with E-state index in [0.29, 0.717) is 16.7 Å². The monoisotopic (exact) mass is 351 g/mol. The third-order valence-corrected chi connectivity index (χ3v) is 4.14. The van der Waals surface area contributed by atoms with E-state index >= 15 is 0 Å². The Morgan fingerprint density at radius 2 is 1.62 bits per heavy atom. The van der Waals surface area contributed by atoms with Crippen LogP contribution in [0.25, 0.3) is 17.2 Å². The molecule has 0 saturated heterocycles. The predicted molar refractivity (Wildman–Crippen MR) is 98.5 cm³/mol. The molecule has 1 saturated carbocycles. The van der Waals surface area contributed by atoms with Gasteiger partial charge in [0.05, 0.1) is 5.57 Å². The van der Waals surface area contributed by atoms with Gasteiger partial charge < -0.3 is 10.4 Å². The smallest absolute Gasteiger partial charge is 0.335 e. The second-order valence-electron chi connectivity index (χ2n) is 6.22. The molecule has 5 heteroatoms. The van der Waals surface area contributed by atoms with Crippen LogP contribution in [0, 0.1) is 5.82 Å². The van der Waals surface area contributed by atoms with Crippen LogP contribution in [0.3, 0.4) is 0 Å². The Bertz CT molecular complexity index is 878. The Morgan fingerprint density at radius 1 is 1.04 bits per heavy atom. The van der Waals surface area contributed by atoms with Crippen molar-refractivity contribution in [2.45, 2.75) is 18.9 Å². The molecule has 2 N–H and O–H groups in total. The maximum atomic E-state index is 13.2. The number of carbonyl (C=O) groups is 2. The summed E-state index contributed by atoms with van der Waals surface area (Å²) < 4.78 is 13.2. The molecule has 3 rings (SSSR count). The molecule has 0 spiro atoms. The highest BCUT2D eigenvalue weighted by atomic mass is 19.1. The fourth-order valence-corrected chi connectivity index (χ4v) is 2.47. The number of rotatable bonds is 6. The molecule has 0 atom stereocenters. The summed E-state index contributed by atoms with van der Waals surface area (Å²) in [6, 6.07) is 12.7. The van der Waals surface area contributed by atoms with Crippen molar-refractivity contribution in [3.8, 4) is 0 Å². The van der Waals surface area contributed by atoms with Gasteiger partial charge in [-0.05, 0) is 47.7 Å². The standard InChI is InChI=1S/C21H18FNO3/c1-13(21(25)26)15-4-2-14(3-5-15)12-19(20(24)23-18-10-11-18)16-6-8-17(22)9-7-16/h2-9,12,18H,1,10-11H2,(H,23,24)(H,25,26). The van der Waals surface area contributed by atoms with E-state index in [4.69, 9.17) is 5.11 Å². The van der Waals surface area contributed by atoms with Crippen molar-refractivity contribution in [2.24, 2.45) is 0 Å². The second kappa shape index (κ2) is 7.35. The summed E-state index contributed by atoms with van der Waals surface area (Å²) in [5, 5.41) is 11.9. The molecule has 1 amide bonds. The lowest BCUT2D eigenvalue weighted by molar-refractivity contribution is -0.130. The Kier molecular flexibility index (Phi) is 4.98. The van der Waals surface area contributed by atoms with Crippen LogP contribution in [0.2, 0.25) is 0 Å². The van der Waals surface area contributed by atoms with Gasteiger partial charge >= 0.3 is 5.97 Å². The molecule has 4 nitrogen and oxygen atoms in total. The molecule has 2 aromatic rings. The number of carbonyl (C=O) groups excluding carboxylic acids is 1. The van der Waals surface area contributed by atoms with Crippen LogP contribution in [-0.2, 0) is 9.59 Å². The summed E-state index contributed by atoms with van der Waals surface area (Å²) in [5.41, 5.74) is 2.29. The van der Waals surface area contributed by atoms with Gasteiger partial charge in [-0.3, -0.25) is 4.79 Å². The minimum absolute atomic E-state index is 0.00534. The molecule has 132 valence electrons. The molecule has 26 heavy (non-hydrogen) atoms. The Labute approximate surface area is 150 Å². The van der Waals surface area contributed by atoms with Crippen LogP contribution in [-0.4, -0.2) is 23.0 Å². The van der Waals surface area contributed by atoms with Crippen LogP contribution in [0.1, 0.15) is 29.5 Å². The quantitative estimate of drug-likeness (QED) is 0.615. The van der Waals surface area contributed by atoms with Crippen molar-refractivity contribution < 1.29 is 19.1 Å². The summed E-state index contributed by atoms with van der Waals surface area (Å²) in [4.78, 5) is 23.6. The van der Waals surface area contributed by atoms with E-state index < -0.39 is 5.97 Å². The first-order valence-electron chi connectivity index (χ1n) is 8.25. The normalized spacial score (nSPS) is 14.0. The molecule has 0 aromatic heterocycles. The van der Waals surface area contributed by atoms with Gasteiger partial charge in [-0.25, -0.2) is 9.18 Å². The summed E-state index contributed by atoms with van der Waals surface area (Å²) in [7, 11) is 0. The Morgan fingerprint density at radius 3 is 2.15 bits per heavy atom. The summed E-state index contributed by atoms with van der Waals surface area (Å²) in [5.74, 6) is -1.66. The first-order valence-corrected chi connectivity index (χ1v) is 8.25. The van der Waals surface area contributed by atoms with Crippen LogP contribution in [0.15, 0.2) is 55.1 Å². The summed E-state index contributed by atoms with van der Waals surface area (Å²) in [6.45, 7) is 3.52. The van der Waals surface area contributed by atoms with E-state index in [1.54, 1.807) is 42.5 Å².